The van der Waals surface area contributed by atoms with Crippen molar-refractivity contribution in [1.29, 1.82) is 0 Å². The first kappa shape index (κ1) is 20.5. The van der Waals surface area contributed by atoms with Crippen LogP contribution in [-0.2, 0) is 11.2 Å². The maximum absolute atomic E-state index is 12.0. The topological polar surface area (TPSA) is 107 Å². The summed E-state index contributed by atoms with van der Waals surface area (Å²) >= 11 is 1.26. The number of rotatable bonds is 10. The van der Waals surface area contributed by atoms with E-state index in [2.05, 4.69) is 32.3 Å². The van der Waals surface area contributed by atoms with Crippen LogP contribution in [0.5, 0.6) is 5.75 Å². The molecule has 2 aromatic rings. The van der Waals surface area contributed by atoms with Crippen LogP contribution in [0.2, 0.25) is 0 Å². The monoisotopic (exact) mass is 388 g/mol. The molecule has 3 N–H and O–H groups in total. The molecule has 0 spiro atoms. The number of thioether (sulfide) groups is 1. The van der Waals surface area contributed by atoms with Crippen molar-refractivity contribution in [3.8, 4) is 5.75 Å². The molecule has 1 aromatic carbocycles. The Kier molecular flexibility index (Phi) is 7.87. The second-order valence-electron chi connectivity index (χ2n) is 5.54. The minimum absolute atomic E-state index is 0.0530. The number of carbonyl (C=O) groups excluding carboxylic acids is 1. The molecule has 0 aliphatic heterocycles. The molecule has 0 aliphatic carbocycles. The van der Waals surface area contributed by atoms with Gasteiger partial charge in [-0.3, -0.25) is 4.79 Å². The van der Waals surface area contributed by atoms with E-state index < -0.39 is 0 Å². The summed E-state index contributed by atoms with van der Waals surface area (Å²) in [5.74, 6) is 0.862. The number of H-pyrrole nitrogens is 1. The third-order valence-corrected chi connectivity index (χ3v) is 4.63. The maximum Gasteiger partial charge on any atom is 0.240 e. The predicted octanol–water partition coefficient (Wildman–Crippen LogP) is 2.65. The quantitative estimate of drug-likeness (QED) is 0.250. The summed E-state index contributed by atoms with van der Waals surface area (Å²) in [6, 6.07) is 5.44. The van der Waals surface area contributed by atoms with Crippen molar-refractivity contribution in [3.63, 3.8) is 0 Å². The van der Waals surface area contributed by atoms with E-state index in [-0.39, 0.29) is 17.4 Å². The van der Waals surface area contributed by atoms with Gasteiger partial charge in [0.05, 0.1) is 12.0 Å². The van der Waals surface area contributed by atoms with Crippen molar-refractivity contribution >= 4 is 29.8 Å². The fourth-order valence-electron chi connectivity index (χ4n) is 2.35. The molecular formula is C18H24N6O2S. The Bertz CT molecular complexity index is 801. The Hall–Kier alpha value is -2.81. The van der Waals surface area contributed by atoms with Gasteiger partial charge in [0.1, 0.15) is 5.75 Å². The number of phenolic OH excluding ortho intramolecular Hbond substituents is 1. The molecule has 0 saturated carbocycles. The normalized spacial score (nSPS) is 10.9. The van der Waals surface area contributed by atoms with Crippen molar-refractivity contribution in [2.45, 2.75) is 25.4 Å². The summed E-state index contributed by atoms with van der Waals surface area (Å²) in [6.45, 7) is 8.94. The molecule has 27 heavy (non-hydrogen) atoms. The van der Waals surface area contributed by atoms with Gasteiger partial charge in [-0.2, -0.15) is 10.1 Å². The number of nitrogens with zero attached hydrogens (tertiary/aromatic N) is 4. The van der Waals surface area contributed by atoms with E-state index in [9.17, 15) is 9.90 Å². The Morgan fingerprint density at radius 1 is 1.44 bits per heavy atom. The number of nitrogens with one attached hydrogen (secondary N) is 2. The van der Waals surface area contributed by atoms with Crippen molar-refractivity contribution in [3.05, 3.63) is 42.0 Å². The van der Waals surface area contributed by atoms with Gasteiger partial charge >= 0.3 is 0 Å². The van der Waals surface area contributed by atoms with Crippen molar-refractivity contribution in [2.24, 2.45) is 5.10 Å². The minimum atomic E-state index is 0.0530. The van der Waals surface area contributed by atoms with Crippen LogP contribution in [0.4, 0.5) is 5.95 Å². The number of carbonyl (C=O) groups is 1. The fourth-order valence-corrected chi connectivity index (χ4v) is 3.05. The largest absolute Gasteiger partial charge is 0.507 e. The molecule has 1 aromatic heterocycles. The average Bonchev–Trinajstić information content (AvgIpc) is 3.12. The van der Waals surface area contributed by atoms with Gasteiger partial charge < -0.3 is 10.0 Å². The number of aromatic nitrogens is 3. The zero-order chi connectivity index (χ0) is 19.6. The SMILES string of the molecule is C=CCc1cccc(/C=N/Nc2nc(SCC(=O)N(CC)CC)n[nH]2)c1O. The number of phenols is 1. The molecule has 8 nitrogen and oxygen atoms in total. The summed E-state index contributed by atoms with van der Waals surface area (Å²) in [6.07, 6.45) is 3.81. The van der Waals surface area contributed by atoms with E-state index >= 15 is 0 Å². The molecule has 0 saturated heterocycles. The average molecular weight is 388 g/mol. The van der Waals surface area contributed by atoms with Crippen LogP contribution < -0.4 is 5.43 Å². The Morgan fingerprint density at radius 2 is 2.22 bits per heavy atom. The number of allylic oxidation sites excluding steroid dienone is 1. The first-order valence-electron chi connectivity index (χ1n) is 8.62. The molecule has 2 rings (SSSR count). The van der Waals surface area contributed by atoms with Gasteiger partial charge in [-0.05, 0) is 31.9 Å². The minimum Gasteiger partial charge on any atom is -0.507 e. The standard InChI is InChI=1S/C18H24N6O2S/c1-4-8-13-9-7-10-14(16(13)26)11-19-21-17-20-18(23-22-17)27-12-15(25)24(5-2)6-3/h4,7,9-11,26H,1,5-6,8,12H2,2-3H3,(H2,20,21,22,23)/b19-11+. The van der Waals surface area contributed by atoms with E-state index in [0.717, 1.165) is 5.56 Å². The molecule has 1 amide bonds. The van der Waals surface area contributed by atoms with Gasteiger partial charge in [-0.25, -0.2) is 10.5 Å². The first-order valence-corrected chi connectivity index (χ1v) is 9.61. The number of aromatic amines is 1. The molecule has 0 radical (unpaired) electrons. The first-order chi connectivity index (χ1) is 13.1. The number of benzene rings is 1. The highest BCUT2D eigenvalue weighted by Crippen LogP contribution is 2.21. The lowest BCUT2D eigenvalue weighted by atomic mass is 10.1. The van der Waals surface area contributed by atoms with E-state index in [1.165, 1.54) is 18.0 Å². The fraction of sp³-hybridized carbons (Fsp3) is 0.333. The van der Waals surface area contributed by atoms with Crippen molar-refractivity contribution in [2.75, 3.05) is 24.3 Å². The second kappa shape index (κ2) is 10.4. The second-order valence-corrected chi connectivity index (χ2v) is 6.48. The van der Waals surface area contributed by atoms with Crippen LogP contribution in [-0.4, -0.2) is 56.2 Å². The third kappa shape index (κ3) is 5.85. The van der Waals surface area contributed by atoms with Gasteiger partial charge in [0.2, 0.25) is 17.0 Å². The highest BCUT2D eigenvalue weighted by Gasteiger charge is 2.12. The zero-order valence-corrected chi connectivity index (χ0v) is 16.3. The summed E-state index contributed by atoms with van der Waals surface area (Å²) < 4.78 is 0. The van der Waals surface area contributed by atoms with E-state index in [1.54, 1.807) is 17.0 Å². The molecular weight excluding hydrogens is 364 g/mol. The van der Waals surface area contributed by atoms with Crippen LogP contribution in [0.25, 0.3) is 0 Å². The number of para-hydroxylation sites is 1. The van der Waals surface area contributed by atoms with E-state index in [1.807, 2.05) is 26.0 Å². The van der Waals surface area contributed by atoms with Crippen LogP contribution in [0.15, 0.2) is 41.1 Å². The summed E-state index contributed by atoms with van der Waals surface area (Å²) in [5, 5.41) is 21.5. The van der Waals surface area contributed by atoms with E-state index in [0.29, 0.717) is 36.2 Å². The molecule has 1 heterocycles. The van der Waals surface area contributed by atoms with Gasteiger partial charge in [0.25, 0.3) is 0 Å². The molecule has 0 bridgehead atoms. The van der Waals surface area contributed by atoms with Gasteiger partial charge in [0, 0.05) is 18.7 Å². The summed E-state index contributed by atoms with van der Waals surface area (Å²) in [7, 11) is 0. The van der Waals surface area contributed by atoms with Crippen LogP contribution in [0.3, 0.4) is 0 Å². The Balaban J connectivity index is 1.91. The molecule has 0 unspecified atom stereocenters. The van der Waals surface area contributed by atoms with E-state index in [4.69, 9.17) is 0 Å². The number of aromatic hydroxyl groups is 1. The van der Waals surface area contributed by atoms with Crippen LogP contribution >= 0.6 is 11.8 Å². The zero-order valence-electron chi connectivity index (χ0n) is 15.5. The van der Waals surface area contributed by atoms with Crippen LogP contribution in [0, 0.1) is 0 Å². The van der Waals surface area contributed by atoms with Crippen molar-refractivity contribution < 1.29 is 9.90 Å². The molecule has 144 valence electrons. The number of hydrazone groups is 1. The Morgan fingerprint density at radius 3 is 2.93 bits per heavy atom. The lowest BCUT2D eigenvalue weighted by Crippen LogP contribution is -2.31. The summed E-state index contributed by atoms with van der Waals surface area (Å²) in [5.41, 5.74) is 4.09. The highest BCUT2D eigenvalue weighted by molar-refractivity contribution is 7.99. The number of anilines is 1. The molecule has 0 aliphatic rings. The lowest BCUT2D eigenvalue weighted by Gasteiger charge is -2.17. The van der Waals surface area contributed by atoms with Gasteiger partial charge in [-0.15, -0.1) is 11.7 Å². The number of hydrogen-bond donors (Lipinski definition) is 3. The predicted molar refractivity (Wildman–Crippen MR) is 108 cm³/mol. The molecule has 0 fully saturated rings. The lowest BCUT2D eigenvalue weighted by molar-refractivity contribution is -0.127. The van der Waals surface area contributed by atoms with Gasteiger partial charge in [-0.1, -0.05) is 30.0 Å². The third-order valence-electron chi connectivity index (χ3n) is 3.79. The highest BCUT2D eigenvalue weighted by atomic mass is 32.2. The molecule has 0 atom stereocenters. The smallest absolute Gasteiger partial charge is 0.240 e. The molecule has 9 heteroatoms. The van der Waals surface area contributed by atoms with Gasteiger partial charge in [0.15, 0.2) is 0 Å². The number of amides is 1. The van der Waals surface area contributed by atoms with Crippen LogP contribution in [0.1, 0.15) is 25.0 Å². The van der Waals surface area contributed by atoms with Crippen molar-refractivity contribution in [1.82, 2.24) is 20.1 Å². The maximum atomic E-state index is 12.0. The Labute approximate surface area is 162 Å². The summed E-state index contributed by atoms with van der Waals surface area (Å²) in [4.78, 5) is 18.0. The number of hydrogen-bond acceptors (Lipinski definition) is 7.